The lowest BCUT2D eigenvalue weighted by Crippen LogP contribution is -2.19. The Kier molecular flexibility index (Phi) is 4.19. The molecule has 0 aliphatic rings. The summed E-state index contributed by atoms with van der Waals surface area (Å²) in [6, 6.07) is 0. The number of likely N-dealkylation sites (N-methyl/N-ethyl adjacent to an activating group) is 1. The molecule has 1 aromatic heterocycles. The highest BCUT2D eigenvalue weighted by Crippen LogP contribution is 2.33. The molecule has 0 saturated carbocycles. The summed E-state index contributed by atoms with van der Waals surface area (Å²) >= 11 is 0. The van der Waals surface area contributed by atoms with E-state index in [2.05, 4.69) is 5.10 Å². The first-order valence-electron chi connectivity index (χ1n) is 5.51. The summed E-state index contributed by atoms with van der Waals surface area (Å²) in [5, 5.41) is 3.64. The summed E-state index contributed by atoms with van der Waals surface area (Å²) in [5.74, 6) is -0.181. The van der Waals surface area contributed by atoms with Gasteiger partial charge in [0.05, 0.1) is 6.54 Å². The van der Waals surface area contributed by atoms with Crippen LogP contribution < -0.4 is 0 Å². The van der Waals surface area contributed by atoms with E-state index in [1.54, 1.807) is 13.8 Å². The molecule has 0 spiro atoms. The molecule has 1 heterocycles. The van der Waals surface area contributed by atoms with Gasteiger partial charge in [-0.2, -0.15) is 18.3 Å². The molecule has 0 atom stereocenters. The molecule has 1 rings (SSSR count). The van der Waals surface area contributed by atoms with Gasteiger partial charge in [0, 0.05) is 18.3 Å². The third-order valence-electron chi connectivity index (χ3n) is 2.46. The van der Waals surface area contributed by atoms with Crippen molar-refractivity contribution in [1.29, 1.82) is 0 Å². The normalized spacial score (nSPS) is 12.8. The molecule has 6 heteroatoms. The van der Waals surface area contributed by atoms with Crippen molar-refractivity contribution in [2.75, 3.05) is 20.6 Å². The monoisotopic (exact) mass is 249 g/mol. The number of aromatic nitrogens is 2. The maximum atomic E-state index is 12.7. The Balaban J connectivity index is 2.96. The fourth-order valence-corrected chi connectivity index (χ4v) is 1.50. The number of halogens is 3. The van der Waals surface area contributed by atoms with Crippen molar-refractivity contribution >= 4 is 0 Å². The van der Waals surface area contributed by atoms with E-state index in [-0.39, 0.29) is 11.5 Å². The van der Waals surface area contributed by atoms with Crippen molar-refractivity contribution < 1.29 is 13.2 Å². The second-order valence-corrected chi connectivity index (χ2v) is 4.65. The molecule has 0 N–H and O–H groups in total. The van der Waals surface area contributed by atoms with Gasteiger partial charge in [-0.25, -0.2) is 0 Å². The highest BCUT2D eigenvalue weighted by molar-refractivity contribution is 5.23. The summed E-state index contributed by atoms with van der Waals surface area (Å²) in [4.78, 5) is 1.91. The first-order chi connectivity index (χ1) is 7.71. The van der Waals surface area contributed by atoms with Gasteiger partial charge in [-0.05, 0) is 20.0 Å². The highest BCUT2D eigenvalue weighted by Gasteiger charge is 2.37. The van der Waals surface area contributed by atoms with Crippen molar-refractivity contribution in [2.45, 2.75) is 32.5 Å². The van der Waals surface area contributed by atoms with E-state index in [4.69, 9.17) is 0 Å². The Bertz CT molecular complexity index is 367. The lowest BCUT2D eigenvalue weighted by atomic mass is 10.0. The number of nitrogens with zero attached hydrogens (tertiary/aromatic N) is 3. The molecule has 0 bridgehead atoms. The zero-order valence-electron chi connectivity index (χ0n) is 10.5. The lowest BCUT2D eigenvalue weighted by Gasteiger charge is -2.08. The highest BCUT2D eigenvalue weighted by atomic mass is 19.4. The molecular formula is C11H18F3N3. The molecule has 1 aromatic rings. The van der Waals surface area contributed by atoms with Gasteiger partial charge < -0.3 is 4.90 Å². The van der Waals surface area contributed by atoms with E-state index in [1.165, 1.54) is 10.9 Å². The maximum absolute atomic E-state index is 12.7. The average Bonchev–Trinajstić information content (AvgIpc) is 2.57. The molecule has 98 valence electrons. The molecule has 0 amide bonds. The van der Waals surface area contributed by atoms with Crippen LogP contribution in [0.5, 0.6) is 0 Å². The standard InChI is InChI=1S/C11H18F3N3/c1-8(2)9-7-17(6-5-16(3)4)15-10(9)11(12,13)14/h7-8H,5-6H2,1-4H3. The minimum absolute atomic E-state index is 0.181. The molecular weight excluding hydrogens is 231 g/mol. The van der Waals surface area contributed by atoms with Gasteiger partial charge in [0.1, 0.15) is 0 Å². The van der Waals surface area contributed by atoms with E-state index >= 15 is 0 Å². The Labute approximate surface area is 99.2 Å². The van der Waals surface area contributed by atoms with Gasteiger partial charge in [0.2, 0.25) is 0 Å². The first-order valence-corrected chi connectivity index (χ1v) is 5.51. The van der Waals surface area contributed by atoms with E-state index in [1.807, 2.05) is 19.0 Å². The molecule has 0 aliphatic heterocycles. The van der Waals surface area contributed by atoms with Crippen LogP contribution in [0.3, 0.4) is 0 Å². The van der Waals surface area contributed by atoms with Crippen molar-refractivity contribution in [1.82, 2.24) is 14.7 Å². The van der Waals surface area contributed by atoms with Gasteiger partial charge >= 0.3 is 6.18 Å². The molecule has 0 radical (unpaired) electrons. The van der Waals surface area contributed by atoms with Gasteiger partial charge in [-0.15, -0.1) is 0 Å². The molecule has 0 aromatic carbocycles. The van der Waals surface area contributed by atoms with Gasteiger partial charge in [0.25, 0.3) is 0 Å². The van der Waals surface area contributed by atoms with Gasteiger partial charge in [0.15, 0.2) is 5.69 Å². The summed E-state index contributed by atoms with van der Waals surface area (Å²) in [7, 11) is 3.75. The smallest absolute Gasteiger partial charge is 0.308 e. The zero-order chi connectivity index (χ0) is 13.2. The summed E-state index contributed by atoms with van der Waals surface area (Å²) in [5.41, 5.74) is -0.498. The van der Waals surface area contributed by atoms with E-state index in [0.29, 0.717) is 13.1 Å². The predicted molar refractivity (Wildman–Crippen MR) is 59.9 cm³/mol. The number of hydrogen-bond donors (Lipinski definition) is 0. The van der Waals surface area contributed by atoms with Crippen LogP contribution in [0.25, 0.3) is 0 Å². The minimum Gasteiger partial charge on any atom is -0.308 e. The molecule has 0 aliphatic carbocycles. The Morgan fingerprint density at radius 3 is 2.29 bits per heavy atom. The van der Waals surface area contributed by atoms with E-state index in [0.717, 1.165) is 0 Å². The Morgan fingerprint density at radius 2 is 1.94 bits per heavy atom. The quantitative estimate of drug-likeness (QED) is 0.817. The second-order valence-electron chi connectivity index (χ2n) is 4.65. The zero-order valence-corrected chi connectivity index (χ0v) is 10.5. The number of rotatable bonds is 4. The molecule has 0 fully saturated rings. The fraction of sp³-hybridized carbons (Fsp3) is 0.727. The molecule has 3 nitrogen and oxygen atoms in total. The van der Waals surface area contributed by atoms with Crippen LogP contribution in [0.15, 0.2) is 6.20 Å². The lowest BCUT2D eigenvalue weighted by molar-refractivity contribution is -0.142. The van der Waals surface area contributed by atoms with Crippen molar-refractivity contribution in [3.05, 3.63) is 17.5 Å². The van der Waals surface area contributed by atoms with Crippen LogP contribution in [-0.2, 0) is 12.7 Å². The summed E-state index contributed by atoms with van der Waals surface area (Å²) in [6.45, 7) is 4.60. The van der Waals surface area contributed by atoms with Crippen molar-refractivity contribution in [2.24, 2.45) is 0 Å². The van der Waals surface area contributed by atoms with Gasteiger partial charge in [-0.1, -0.05) is 13.8 Å². The van der Waals surface area contributed by atoms with E-state index < -0.39 is 11.9 Å². The van der Waals surface area contributed by atoms with Crippen LogP contribution in [-0.4, -0.2) is 35.3 Å². The third kappa shape index (κ3) is 3.73. The van der Waals surface area contributed by atoms with Crippen molar-refractivity contribution in [3.63, 3.8) is 0 Å². The second kappa shape index (κ2) is 5.08. The Hall–Kier alpha value is -1.04. The van der Waals surface area contributed by atoms with Gasteiger partial charge in [-0.3, -0.25) is 4.68 Å². The minimum atomic E-state index is -4.37. The number of hydrogen-bond acceptors (Lipinski definition) is 2. The predicted octanol–water partition coefficient (Wildman–Crippen LogP) is 2.59. The van der Waals surface area contributed by atoms with Crippen LogP contribution in [0.4, 0.5) is 13.2 Å². The largest absolute Gasteiger partial charge is 0.435 e. The van der Waals surface area contributed by atoms with Crippen LogP contribution >= 0.6 is 0 Å². The van der Waals surface area contributed by atoms with Crippen molar-refractivity contribution in [3.8, 4) is 0 Å². The van der Waals surface area contributed by atoms with E-state index in [9.17, 15) is 13.2 Å². The summed E-state index contributed by atoms with van der Waals surface area (Å²) in [6.07, 6.45) is -2.88. The SMILES string of the molecule is CC(C)c1cn(CCN(C)C)nc1C(F)(F)F. The first kappa shape index (κ1) is 14.0. The third-order valence-corrected chi connectivity index (χ3v) is 2.46. The molecule has 0 unspecified atom stereocenters. The molecule has 0 saturated heterocycles. The van der Waals surface area contributed by atoms with Crippen LogP contribution in [0.2, 0.25) is 0 Å². The summed E-state index contributed by atoms with van der Waals surface area (Å²) < 4.78 is 39.6. The number of alkyl halides is 3. The molecule has 17 heavy (non-hydrogen) atoms. The Morgan fingerprint density at radius 1 is 1.35 bits per heavy atom. The van der Waals surface area contributed by atoms with Crippen LogP contribution in [0.1, 0.15) is 31.0 Å². The fourth-order valence-electron chi connectivity index (χ4n) is 1.50. The topological polar surface area (TPSA) is 21.1 Å². The maximum Gasteiger partial charge on any atom is 0.435 e. The average molecular weight is 249 g/mol. The van der Waals surface area contributed by atoms with Crippen LogP contribution in [0, 0.1) is 0 Å².